The summed E-state index contributed by atoms with van der Waals surface area (Å²) in [6.45, 7) is 11.1. The molecule has 0 amide bonds. The lowest BCUT2D eigenvalue weighted by molar-refractivity contribution is -0.935. The van der Waals surface area contributed by atoms with E-state index in [4.69, 9.17) is 9.47 Å². The predicted octanol–water partition coefficient (Wildman–Crippen LogP) is -2.59. The minimum Gasteiger partial charge on any atom is -1.00 e. The van der Waals surface area contributed by atoms with E-state index in [1.54, 1.807) is 0 Å². The highest BCUT2D eigenvalue weighted by molar-refractivity contribution is 5.76. The third-order valence-corrected chi connectivity index (χ3v) is 6.57. The zero-order valence-electron chi connectivity index (χ0n) is 19.1. The Labute approximate surface area is 217 Å². The summed E-state index contributed by atoms with van der Waals surface area (Å²) in [7, 11) is 4.44. The molecular weight excluding hydrogens is 606 g/mol. The molecule has 0 radical (unpaired) electrons. The van der Waals surface area contributed by atoms with Crippen LogP contribution in [0.2, 0.25) is 0 Å². The first kappa shape index (κ1) is 30.0. The number of carbonyl (C=O) groups excluding carboxylic acids is 1. The zero-order chi connectivity index (χ0) is 20.5. The lowest BCUT2D eigenvalue weighted by Gasteiger charge is -2.42. The van der Waals surface area contributed by atoms with Gasteiger partial charge in [-0.05, 0) is 33.1 Å². The van der Waals surface area contributed by atoms with E-state index in [1.165, 1.54) is 19.3 Å². The monoisotopic (exact) mass is 646 g/mol. The predicted molar refractivity (Wildman–Crippen MR) is 113 cm³/mol. The molecule has 7 heteroatoms. The smallest absolute Gasteiger partial charge is 0.370 e. The van der Waals surface area contributed by atoms with Crippen LogP contribution in [0.1, 0.15) is 44.7 Å². The lowest BCUT2D eigenvalue weighted by Crippen LogP contribution is -3.00. The molecule has 5 nitrogen and oxygen atoms in total. The Morgan fingerprint density at radius 2 is 1.60 bits per heavy atom. The van der Waals surface area contributed by atoms with E-state index in [2.05, 4.69) is 40.1 Å². The van der Waals surface area contributed by atoms with Crippen LogP contribution in [0.4, 0.5) is 0 Å². The number of likely N-dealkylation sites (N-methyl/N-ethyl adjacent to an activating group) is 2. The fourth-order valence-electron chi connectivity index (χ4n) is 4.09. The minimum absolute atomic E-state index is 0. The van der Waals surface area contributed by atoms with Crippen LogP contribution < -0.4 is 48.0 Å². The average molecular weight is 646 g/mol. The second-order valence-corrected chi connectivity index (χ2v) is 8.56. The number of hydrogen-bond acceptors (Lipinski definition) is 3. The van der Waals surface area contributed by atoms with Gasteiger partial charge >= 0.3 is 5.97 Å². The first-order valence-electron chi connectivity index (χ1n) is 10.9. The molecule has 1 unspecified atom stereocenters. The third kappa shape index (κ3) is 8.88. The van der Waals surface area contributed by atoms with E-state index in [0.717, 1.165) is 47.3 Å². The summed E-state index contributed by atoms with van der Waals surface area (Å²) in [5.74, 6) is -0.123. The van der Waals surface area contributed by atoms with Crippen LogP contribution in [0.5, 0.6) is 0 Å². The number of hydrogen-bond donors (Lipinski definition) is 0. The van der Waals surface area contributed by atoms with Crippen molar-refractivity contribution < 1.29 is 71.2 Å². The highest BCUT2D eigenvalue weighted by Gasteiger charge is 2.41. The summed E-state index contributed by atoms with van der Waals surface area (Å²) in [4.78, 5) is 13.0. The van der Waals surface area contributed by atoms with E-state index in [0.29, 0.717) is 19.8 Å². The van der Waals surface area contributed by atoms with Crippen molar-refractivity contribution in [2.24, 2.45) is 0 Å². The maximum atomic E-state index is 13.0. The van der Waals surface area contributed by atoms with Gasteiger partial charge in [-0.3, -0.25) is 0 Å². The van der Waals surface area contributed by atoms with Crippen LogP contribution in [-0.2, 0) is 14.3 Å². The van der Waals surface area contributed by atoms with E-state index in [-0.39, 0.29) is 60.0 Å². The molecule has 0 aromatic heterocycles. The van der Waals surface area contributed by atoms with Crippen LogP contribution in [0, 0.1) is 0 Å². The van der Waals surface area contributed by atoms with Gasteiger partial charge in [-0.1, -0.05) is 30.3 Å². The number of nitrogens with zero attached hydrogens (tertiary/aromatic N) is 2. The Bertz CT molecular complexity index is 591. The van der Waals surface area contributed by atoms with Gasteiger partial charge in [0.15, 0.2) is 0 Å². The van der Waals surface area contributed by atoms with Crippen LogP contribution in [0.25, 0.3) is 0 Å². The van der Waals surface area contributed by atoms with Crippen LogP contribution in [-0.4, -0.2) is 81.6 Å². The Kier molecular flexibility index (Phi) is 15.0. The maximum Gasteiger partial charge on any atom is 0.370 e. The number of likely N-dealkylation sites (tertiary alicyclic amines) is 1. The second-order valence-electron chi connectivity index (χ2n) is 8.56. The molecule has 0 bridgehead atoms. The molecule has 0 N–H and O–H groups in total. The first-order valence-corrected chi connectivity index (χ1v) is 10.9. The normalized spacial score (nSPS) is 16.7. The molecule has 1 aromatic carbocycles. The molecule has 1 atom stereocenters. The van der Waals surface area contributed by atoms with Gasteiger partial charge in [0.25, 0.3) is 0 Å². The molecule has 1 heterocycles. The van der Waals surface area contributed by atoms with Crippen molar-refractivity contribution in [3.05, 3.63) is 35.9 Å². The number of esters is 1. The maximum absolute atomic E-state index is 13.0. The van der Waals surface area contributed by atoms with Crippen LogP contribution in [0.3, 0.4) is 0 Å². The minimum atomic E-state index is -0.248. The van der Waals surface area contributed by atoms with Gasteiger partial charge in [-0.15, -0.1) is 0 Å². The van der Waals surface area contributed by atoms with Crippen molar-refractivity contribution in [1.82, 2.24) is 0 Å². The van der Waals surface area contributed by atoms with Gasteiger partial charge in [-0.2, -0.15) is 0 Å². The number of piperidine rings is 1. The molecular formula is C23H40I2N2O3. The summed E-state index contributed by atoms with van der Waals surface area (Å²) in [5, 5.41) is 0. The van der Waals surface area contributed by atoms with E-state index < -0.39 is 0 Å². The van der Waals surface area contributed by atoms with Gasteiger partial charge in [-0.25, -0.2) is 4.79 Å². The number of ether oxygens (including phenoxy) is 2. The topological polar surface area (TPSA) is 35.5 Å². The molecule has 174 valence electrons. The molecule has 1 aliphatic rings. The molecule has 30 heavy (non-hydrogen) atoms. The highest BCUT2D eigenvalue weighted by Crippen LogP contribution is 2.32. The number of carbonyl (C=O) groups is 1. The van der Waals surface area contributed by atoms with Gasteiger partial charge in [0, 0.05) is 5.56 Å². The summed E-state index contributed by atoms with van der Waals surface area (Å²) < 4.78 is 13.2. The molecule has 1 saturated heterocycles. The standard InChI is InChI=1S/C23H40N2O3.2HI/c1-5-24(3,6-2)17-18-27-19-20-28-23(26)22(21-13-9-7-10-14-21)25(4)15-11-8-12-16-25;;/h7,9-10,13-14,22H,5-6,8,11-12,15-20H2,1-4H3;2*1H/q+2;;/p-2. The van der Waals surface area contributed by atoms with E-state index in [1.807, 2.05) is 18.2 Å². The van der Waals surface area contributed by atoms with Crippen LogP contribution >= 0.6 is 0 Å². The summed E-state index contributed by atoms with van der Waals surface area (Å²) in [6.07, 6.45) is 3.59. The van der Waals surface area contributed by atoms with E-state index in [9.17, 15) is 4.79 Å². The molecule has 1 aromatic rings. The summed E-state index contributed by atoms with van der Waals surface area (Å²) >= 11 is 0. The van der Waals surface area contributed by atoms with Crippen molar-refractivity contribution in [3.8, 4) is 0 Å². The number of benzene rings is 1. The van der Waals surface area contributed by atoms with E-state index >= 15 is 0 Å². The van der Waals surface area contributed by atoms with Crippen molar-refractivity contribution in [1.29, 1.82) is 0 Å². The quantitative estimate of drug-likeness (QED) is 0.115. The fraction of sp³-hybridized carbons (Fsp3) is 0.696. The highest BCUT2D eigenvalue weighted by atomic mass is 127. The number of halogens is 2. The summed E-state index contributed by atoms with van der Waals surface area (Å²) in [5.41, 5.74) is 1.05. The molecule has 0 saturated carbocycles. The molecule has 0 spiro atoms. The molecule has 1 aliphatic heterocycles. The van der Waals surface area contributed by atoms with Crippen molar-refractivity contribution in [3.63, 3.8) is 0 Å². The average Bonchev–Trinajstić information content (AvgIpc) is 2.71. The largest absolute Gasteiger partial charge is 1.00 e. The Hall–Kier alpha value is 0.0300. The number of rotatable bonds is 11. The lowest BCUT2D eigenvalue weighted by atomic mass is 9.98. The van der Waals surface area contributed by atoms with Crippen molar-refractivity contribution >= 4 is 5.97 Å². The SMILES string of the molecule is CC[N+](C)(CC)CCOCCOC(=O)C(c1ccccc1)[N+]1(C)CCCCC1.[I-].[I-]. The second kappa shape index (κ2) is 15.0. The van der Waals surface area contributed by atoms with Gasteiger partial charge in [0.2, 0.25) is 6.04 Å². The Morgan fingerprint density at radius 3 is 2.17 bits per heavy atom. The fourth-order valence-corrected chi connectivity index (χ4v) is 4.09. The zero-order valence-corrected chi connectivity index (χ0v) is 23.4. The van der Waals surface area contributed by atoms with Crippen molar-refractivity contribution in [2.75, 3.05) is 66.6 Å². The Balaban J connectivity index is 0.00000420. The first-order chi connectivity index (χ1) is 13.4. The third-order valence-electron chi connectivity index (χ3n) is 6.57. The Morgan fingerprint density at radius 1 is 1.00 bits per heavy atom. The number of quaternary nitrogens is 2. The van der Waals surface area contributed by atoms with Gasteiger partial charge in [0.05, 0.1) is 53.5 Å². The van der Waals surface area contributed by atoms with Gasteiger partial charge < -0.3 is 66.4 Å². The summed E-state index contributed by atoms with van der Waals surface area (Å²) in [6, 6.07) is 9.86. The van der Waals surface area contributed by atoms with Gasteiger partial charge in [0.1, 0.15) is 13.2 Å². The molecule has 1 fully saturated rings. The van der Waals surface area contributed by atoms with Crippen molar-refractivity contribution in [2.45, 2.75) is 39.2 Å². The molecule has 2 rings (SSSR count). The van der Waals surface area contributed by atoms with Crippen LogP contribution in [0.15, 0.2) is 30.3 Å². The molecule has 0 aliphatic carbocycles.